The molecule has 11 nitrogen and oxygen atoms in total. The Balaban J connectivity index is 1.76. The lowest BCUT2D eigenvalue weighted by Crippen LogP contribution is -2.54. The van der Waals surface area contributed by atoms with Gasteiger partial charge in [0.15, 0.2) is 0 Å². The first-order chi connectivity index (χ1) is 21.0. The van der Waals surface area contributed by atoms with Gasteiger partial charge in [-0.3, -0.25) is 14.4 Å². The van der Waals surface area contributed by atoms with E-state index in [1.165, 1.54) is 18.2 Å². The fourth-order valence-electron chi connectivity index (χ4n) is 4.70. The average molecular weight is 645 g/mol. The number of hydrogen-bond donors (Lipinski definition) is 4. The van der Waals surface area contributed by atoms with Crippen molar-refractivity contribution in [1.29, 1.82) is 5.26 Å². The third kappa shape index (κ3) is 10.6. The van der Waals surface area contributed by atoms with E-state index < -0.39 is 31.4 Å². The number of nitriles is 1. The molecule has 0 saturated carbocycles. The van der Waals surface area contributed by atoms with E-state index in [1.807, 2.05) is 26.0 Å². The molecule has 0 radical (unpaired) electrons. The van der Waals surface area contributed by atoms with Crippen molar-refractivity contribution < 1.29 is 33.8 Å². The number of ether oxygens (including phenoxy) is 1. The molecule has 1 aliphatic rings. The SMILES string of the molecule is CC(C)C=C(C#N)C(=O)N1CCC[C@@H]1COC[C@H](NC(=O)c1cc(Cl)ccc1Cl)C(=O)N[C@@H](Cc1ccccc1)OB(O)O. The molecule has 0 bridgehead atoms. The van der Waals surface area contributed by atoms with Gasteiger partial charge in [0.1, 0.15) is 23.9 Å². The van der Waals surface area contributed by atoms with Gasteiger partial charge in [-0.1, -0.05) is 73.5 Å². The van der Waals surface area contributed by atoms with Gasteiger partial charge in [-0.2, -0.15) is 5.26 Å². The summed E-state index contributed by atoms with van der Waals surface area (Å²) in [4.78, 5) is 41.2. The Morgan fingerprint density at radius 1 is 1.16 bits per heavy atom. The van der Waals surface area contributed by atoms with Crippen molar-refractivity contribution in [3.63, 3.8) is 0 Å². The lowest BCUT2D eigenvalue weighted by Gasteiger charge is -2.27. The standard InChI is InChI=1S/C30H35BCl2N4O7/c1-19(2)13-21(16-34)30(40)37-12-6-9-23(37)17-43-18-26(35-28(38)24-15-22(32)10-11-25(24)33)29(39)36-27(44-31(41)42)14-20-7-4-3-5-8-20/h3-5,7-8,10-11,13,15,19,23,26-27,41-42H,6,9,12,14,17-18H2,1-2H3,(H,35,38)(H,36,39)/t23-,26+,27-/m1/s1. The number of carbonyl (C=O) groups is 3. The Bertz CT molecular complexity index is 1370. The molecule has 1 heterocycles. The van der Waals surface area contributed by atoms with Gasteiger partial charge in [0.25, 0.3) is 11.8 Å². The molecule has 2 aromatic carbocycles. The number of nitrogens with one attached hydrogen (secondary N) is 2. The largest absolute Gasteiger partial charge is 0.635 e. The second-order valence-corrected chi connectivity index (χ2v) is 11.4. The number of nitrogens with zero attached hydrogens (tertiary/aromatic N) is 2. The fourth-order valence-corrected chi connectivity index (χ4v) is 5.08. The van der Waals surface area contributed by atoms with E-state index in [0.717, 1.165) is 12.0 Å². The van der Waals surface area contributed by atoms with Crippen molar-refractivity contribution in [1.82, 2.24) is 15.5 Å². The van der Waals surface area contributed by atoms with Crippen LogP contribution in [0.2, 0.25) is 10.0 Å². The summed E-state index contributed by atoms with van der Waals surface area (Å²) >= 11 is 12.2. The maximum absolute atomic E-state index is 13.5. The minimum Gasteiger partial charge on any atom is -0.402 e. The molecule has 1 saturated heterocycles. The molecule has 3 atom stereocenters. The summed E-state index contributed by atoms with van der Waals surface area (Å²) < 4.78 is 11.0. The van der Waals surface area contributed by atoms with Crippen LogP contribution in [-0.4, -0.2) is 78.1 Å². The molecule has 234 valence electrons. The highest BCUT2D eigenvalue weighted by Gasteiger charge is 2.32. The van der Waals surface area contributed by atoms with Gasteiger partial charge in [-0.25, -0.2) is 0 Å². The average Bonchev–Trinajstić information content (AvgIpc) is 3.44. The normalized spacial score (nSPS) is 16.3. The Morgan fingerprint density at radius 3 is 2.55 bits per heavy atom. The maximum Gasteiger partial charge on any atom is 0.635 e. The van der Waals surface area contributed by atoms with Gasteiger partial charge >= 0.3 is 7.32 Å². The van der Waals surface area contributed by atoms with Crippen LogP contribution in [0.3, 0.4) is 0 Å². The van der Waals surface area contributed by atoms with Crippen LogP contribution in [0.15, 0.2) is 60.2 Å². The van der Waals surface area contributed by atoms with Crippen LogP contribution in [0.25, 0.3) is 0 Å². The van der Waals surface area contributed by atoms with Gasteiger partial charge in [0.2, 0.25) is 5.91 Å². The Morgan fingerprint density at radius 2 is 1.89 bits per heavy atom. The summed E-state index contributed by atoms with van der Waals surface area (Å²) in [6, 6.07) is 13.6. The zero-order valence-corrected chi connectivity index (χ0v) is 25.9. The minimum absolute atomic E-state index is 0.0171. The minimum atomic E-state index is -2.17. The van der Waals surface area contributed by atoms with Gasteiger partial charge < -0.3 is 35.0 Å². The summed E-state index contributed by atoms with van der Waals surface area (Å²) in [6.45, 7) is 3.95. The van der Waals surface area contributed by atoms with Crippen molar-refractivity contribution in [2.24, 2.45) is 5.92 Å². The first-order valence-electron chi connectivity index (χ1n) is 14.1. The summed E-state index contributed by atoms with van der Waals surface area (Å²) in [5, 5.41) is 33.9. The molecule has 1 fully saturated rings. The predicted octanol–water partition coefficient (Wildman–Crippen LogP) is 2.88. The molecule has 3 amide bonds. The number of rotatable bonds is 14. The van der Waals surface area contributed by atoms with Crippen LogP contribution in [0, 0.1) is 17.2 Å². The van der Waals surface area contributed by atoms with E-state index >= 15 is 0 Å². The smallest absolute Gasteiger partial charge is 0.402 e. The number of hydrogen-bond acceptors (Lipinski definition) is 8. The molecule has 2 aromatic rings. The van der Waals surface area contributed by atoms with Crippen LogP contribution >= 0.6 is 23.2 Å². The van der Waals surface area contributed by atoms with Gasteiger partial charge in [-0.15, -0.1) is 0 Å². The van der Waals surface area contributed by atoms with E-state index in [1.54, 1.807) is 35.2 Å². The van der Waals surface area contributed by atoms with Crippen molar-refractivity contribution in [3.05, 3.63) is 81.4 Å². The quantitative estimate of drug-likeness (QED) is 0.106. The van der Waals surface area contributed by atoms with Crippen molar-refractivity contribution in [2.45, 2.75) is 51.4 Å². The third-order valence-corrected chi connectivity index (χ3v) is 7.30. The van der Waals surface area contributed by atoms with Crippen LogP contribution in [0.5, 0.6) is 0 Å². The zero-order valence-electron chi connectivity index (χ0n) is 24.4. The second kappa shape index (κ2) is 17.2. The van der Waals surface area contributed by atoms with E-state index in [2.05, 4.69) is 10.6 Å². The molecule has 4 N–H and O–H groups in total. The number of halogens is 2. The van der Waals surface area contributed by atoms with Crippen molar-refractivity contribution in [2.75, 3.05) is 19.8 Å². The van der Waals surface area contributed by atoms with E-state index in [9.17, 15) is 29.7 Å². The summed E-state index contributed by atoms with van der Waals surface area (Å²) in [5.41, 5.74) is 0.842. The van der Waals surface area contributed by atoms with Gasteiger partial charge in [0.05, 0.1) is 29.8 Å². The Labute approximate surface area is 266 Å². The molecule has 44 heavy (non-hydrogen) atoms. The highest BCUT2D eigenvalue weighted by Crippen LogP contribution is 2.22. The topological polar surface area (TPSA) is 161 Å². The molecular weight excluding hydrogens is 610 g/mol. The van der Waals surface area contributed by atoms with Crippen molar-refractivity contribution in [3.8, 4) is 6.07 Å². The number of likely N-dealkylation sites (tertiary alicyclic amines) is 1. The van der Waals surface area contributed by atoms with E-state index in [-0.39, 0.29) is 58.7 Å². The molecule has 14 heteroatoms. The predicted molar refractivity (Wildman–Crippen MR) is 165 cm³/mol. The van der Waals surface area contributed by atoms with Crippen LogP contribution < -0.4 is 10.6 Å². The molecule has 1 aliphatic heterocycles. The number of amides is 3. The first kappa shape index (κ1) is 35.0. The molecule has 0 aromatic heterocycles. The summed E-state index contributed by atoms with van der Waals surface area (Å²) in [5.74, 6) is -1.79. The summed E-state index contributed by atoms with van der Waals surface area (Å²) in [6.07, 6.45) is 1.90. The third-order valence-electron chi connectivity index (χ3n) is 6.73. The molecule has 0 aliphatic carbocycles. The molecule has 0 unspecified atom stereocenters. The lowest BCUT2D eigenvalue weighted by molar-refractivity contribution is -0.130. The summed E-state index contributed by atoms with van der Waals surface area (Å²) in [7, 11) is -2.17. The van der Waals surface area contributed by atoms with Crippen LogP contribution in [0.4, 0.5) is 0 Å². The maximum atomic E-state index is 13.5. The molecule has 0 spiro atoms. The number of benzene rings is 2. The zero-order chi connectivity index (χ0) is 32.2. The Kier molecular flexibility index (Phi) is 13.7. The second-order valence-electron chi connectivity index (χ2n) is 10.6. The monoisotopic (exact) mass is 644 g/mol. The molecule has 3 rings (SSSR count). The van der Waals surface area contributed by atoms with Gasteiger partial charge in [-0.05, 0) is 42.5 Å². The number of allylic oxidation sites excluding steroid dienone is 1. The highest BCUT2D eigenvalue weighted by atomic mass is 35.5. The lowest BCUT2D eigenvalue weighted by atomic mass is 10.1. The van der Waals surface area contributed by atoms with E-state index in [0.29, 0.717) is 13.0 Å². The highest BCUT2D eigenvalue weighted by molar-refractivity contribution is 6.35. The Hall–Kier alpha value is -3.44. The van der Waals surface area contributed by atoms with Gasteiger partial charge in [0, 0.05) is 18.0 Å². The van der Waals surface area contributed by atoms with Crippen molar-refractivity contribution >= 4 is 48.2 Å². The number of carbonyl (C=O) groups excluding carboxylic acids is 3. The molecular formula is C30H35BCl2N4O7. The first-order valence-corrected chi connectivity index (χ1v) is 14.9. The van der Waals surface area contributed by atoms with Crippen LogP contribution in [-0.2, 0) is 25.4 Å². The van der Waals surface area contributed by atoms with Crippen LogP contribution in [0.1, 0.15) is 42.6 Å². The fraction of sp³-hybridized carbons (Fsp3) is 0.400. The van der Waals surface area contributed by atoms with E-state index in [4.69, 9.17) is 32.6 Å².